The van der Waals surface area contributed by atoms with E-state index in [-0.39, 0.29) is 19.0 Å². The van der Waals surface area contributed by atoms with E-state index in [1.807, 2.05) is 13.8 Å². The third-order valence-electron chi connectivity index (χ3n) is 3.38. The molecule has 0 fully saturated rings. The second-order valence-electron chi connectivity index (χ2n) is 5.63. The molecule has 0 aromatic rings. The van der Waals surface area contributed by atoms with Gasteiger partial charge in [0.05, 0.1) is 11.7 Å². The molecule has 19 heavy (non-hydrogen) atoms. The maximum absolute atomic E-state index is 12.2. The van der Waals surface area contributed by atoms with Gasteiger partial charge in [0, 0.05) is 18.6 Å². The summed E-state index contributed by atoms with van der Waals surface area (Å²) in [5.74, 6) is -0.122. The molecule has 0 saturated heterocycles. The highest BCUT2D eigenvalue weighted by Crippen LogP contribution is 2.25. The fourth-order valence-corrected chi connectivity index (χ4v) is 3.06. The fourth-order valence-electron chi connectivity index (χ4n) is 1.98. The van der Waals surface area contributed by atoms with Crippen molar-refractivity contribution in [3.05, 3.63) is 0 Å². The van der Waals surface area contributed by atoms with E-state index in [0.29, 0.717) is 12.8 Å². The van der Waals surface area contributed by atoms with Crippen molar-refractivity contribution in [2.24, 2.45) is 11.1 Å². The minimum Gasteiger partial charge on any atom is -0.354 e. The zero-order chi connectivity index (χ0) is 15.3. The number of hydrogen-bond donors (Lipinski definition) is 3. The zero-order valence-electron chi connectivity index (χ0n) is 12.5. The normalized spacial score (nSPS) is 13.4. The Balaban J connectivity index is 4.68. The molecule has 114 valence electrons. The number of rotatable bonds is 8. The van der Waals surface area contributed by atoms with Crippen LogP contribution in [0.5, 0.6) is 0 Å². The number of hydrogen-bond acceptors (Lipinski definition) is 4. The van der Waals surface area contributed by atoms with E-state index in [1.165, 1.54) is 0 Å². The van der Waals surface area contributed by atoms with Crippen molar-refractivity contribution >= 4 is 15.9 Å². The lowest BCUT2D eigenvalue weighted by Gasteiger charge is -2.31. The van der Waals surface area contributed by atoms with Crippen LogP contribution >= 0.6 is 0 Å². The first-order valence-electron chi connectivity index (χ1n) is 6.49. The van der Waals surface area contributed by atoms with Gasteiger partial charge < -0.3 is 11.1 Å². The predicted octanol–water partition coefficient (Wildman–Crippen LogP) is 0.196. The molecule has 6 nitrogen and oxygen atoms in total. The van der Waals surface area contributed by atoms with Crippen molar-refractivity contribution in [1.82, 2.24) is 10.0 Å². The highest BCUT2D eigenvalue weighted by Gasteiger charge is 2.34. The van der Waals surface area contributed by atoms with Gasteiger partial charge in [-0.3, -0.25) is 4.79 Å². The van der Waals surface area contributed by atoms with E-state index < -0.39 is 21.0 Å². The van der Waals surface area contributed by atoms with Crippen molar-refractivity contribution in [2.75, 3.05) is 19.3 Å². The Labute approximate surface area is 116 Å². The van der Waals surface area contributed by atoms with Crippen molar-refractivity contribution in [1.29, 1.82) is 0 Å². The molecule has 4 N–H and O–H groups in total. The van der Waals surface area contributed by atoms with Crippen molar-refractivity contribution in [2.45, 2.75) is 46.1 Å². The molecule has 0 radical (unpaired) electrons. The van der Waals surface area contributed by atoms with Crippen LogP contribution in [0.3, 0.4) is 0 Å². The Hall–Kier alpha value is -0.660. The molecule has 0 unspecified atom stereocenters. The SMILES string of the molecule is CCC(CC)(CN)C(=O)NCC(C)(C)NS(C)(=O)=O. The molecule has 7 heteroatoms. The largest absolute Gasteiger partial charge is 0.354 e. The number of amides is 1. The van der Waals surface area contributed by atoms with Crippen LogP contribution in [0.25, 0.3) is 0 Å². The number of sulfonamides is 1. The van der Waals surface area contributed by atoms with Gasteiger partial charge in [-0.2, -0.15) is 0 Å². The molecule has 0 spiro atoms. The van der Waals surface area contributed by atoms with Crippen molar-refractivity contribution < 1.29 is 13.2 Å². The summed E-state index contributed by atoms with van der Waals surface area (Å²) in [5, 5.41) is 2.79. The molecular formula is C12H27N3O3S. The van der Waals surface area contributed by atoms with E-state index in [4.69, 9.17) is 5.73 Å². The van der Waals surface area contributed by atoms with Crippen LogP contribution in [0.2, 0.25) is 0 Å². The molecule has 0 bridgehead atoms. The third-order valence-corrected chi connectivity index (χ3v) is 4.30. The number of nitrogens with two attached hydrogens (primary N) is 1. The van der Waals surface area contributed by atoms with Crippen LogP contribution in [-0.2, 0) is 14.8 Å². The monoisotopic (exact) mass is 293 g/mol. The lowest BCUT2D eigenvalue weighted by atomic mass is 9.81. The topological polar surface area (TPSA) is 101 Å². The second-order valence-corrected chi connectivity index (χ2v) is 7.38. The number of carbonyl (C=O) groups excluding carboxylic acids is 1. The van der Waals surface area contributed by atoms with E-state index in [2.05, 4.69) is 10.0 Å². The van der Waals surface area contributed by atoms with Gasteiger partial charge in [0.2, 0.25) is 15.9 Å². The van der Waals surface area contributed by atoms with Gasteiger partial charge in [-0.25, -0.2) is 13.1 Å². The summed E-state index contributed by atoms with van der Waals surface area (Å²) in [6.45, 7) is 7.80. The van der Waals surface area contributed by atoms with Crippen LogP contribution in [0.1, 0.15) is 40.5 Å². The summed E-state index contributed by atoms with van der Waals surface area (Å²) in [4.78, 5) is 12.2. The maximum Gasteiger partial charge on any atom is 0.227 e. The summed E-state index contributed by atoms with van der Waals surface area (Å²) in [5.41, 5.74) is 4.40. The molecule has 0 saturated carbocycles. The molecule has 0 aliphatic rings. The van der Waals surface area contributed by atoms with E-state index in [0.717, 1.165) is 6.26 Å². The zero-order valence-corrected chi connectivity index (χ0v) is 13.4. The Morgan fingerprint density at radius 3 is 2.00 bits per heavy atom. The first kappa shape index (κ1) is 18.3. The highest BCUT2D eigenvalue weighted by atomic mass is 32.2. The van der Waals surface area contributed by atoms with Crippen molar-refractivity contribution in [3.8, 4) is 0 Å². The molecule has 0 aliphatic heterocycles. The molecule has 1 amide bonds. The minimum absolute atomic E-state index is 0.122. The predicted molar refractivity (Wildman–Crippen MR) is 77.1 cm³/mol. The van der Waals surface area contributed by atoms with Gasteiger partial charge in [-0.05, 0) is 26.7 Å². The van der Waals surface area contributed by atoms with Gasteiger partial charge >= 0.3 is 0 Å². The smallest absolute Gasteiger partial charge is 0.227 e. The van der Waals surface area contributed by atoms with Gasteiger partial charge in [0.15, 0.2) is 0 Å². The van der Waals surface area contributed by atoms with Crippen LogP contribution in [0, 0.1) is 5.41 Å². The van der Waals surface area contributed by atoms with E-state index in [9.17, 15) is 13.2 Å². The standard InChI is InChI=1S/C12H27N3O3S/c1-6-12(7-2,8-13)10(16)14-9-11(3,4)15-19(5,17)18/h15H,6-9,13H2,1-5H3,(H,14,16). The van der Waals surface area contributed by atoms with Crippen LogP contribution in [0.15, 0.2) is 0 Å². The van der Waals surface area contributed by atoms with Gasteiger partial charge in [0.1, 0.15) is 0 Å². The van der Waals surface area contributed by atoms with Gasteiger partial charge in [0.25, 0.3) is 0 Å². The Bertz CT molecular complexity index is 392. The summed E-state index contributed by atoms with van der Waals surface area (Å²) < 4.78 is 24.9. The number of nitrogens with one attached hydrogen (secondary N) is 2. The van der Waals surface area contributed by atoms with Crippen LogP contribution in [0.4, 0.5) is 0 Å². The van der Waals surface area contributed by atoms with Crippen molar-refractivity contribution in [3.63, 3.8) is 0 Å². The molecule has 0 heterocycles. The van der Waals surface area contributed by atoms with E-state index >= 15 is 0 Å². The Kier molecular flexibility index (Phi) is 6.44. The average Bonchev–Trinajstić information content (AvgIpc) is 2.26. The second kappa shape index (κ2) is 6.67. The first-order chi connectivity index (χ1) is 8.52. The fraction of sp³-hybridized carbons (Fsp3) is 0.917. The summed E-state index contributed by atoms with van der Waals surface area (Å²) >= 11 is 0. The van der Waals surface area contributed by atoms with Crippen LogP contribution in [-0.4, -0.2) is 39.2 Å². The summed E-state index contributed by atoms with van der Waals surface area (Å²) in [7, 11) is -3.31. The van der Waals surface area contributed by atoms with Gasteiger partial charge in [-0.15, -0.1) is 0 Å². The Morgan fingerprint density at radius 1 is 1.21 bits per heavy atom. The first-order valence-corrected chi connectivity index (χ1v) is 8.38. The molecular weight excluding hydrogens is 266 g/mol. The average molecular weight is 293 g/mol. The minimum atomic E-state index is -3.31. The maximum atomic E-state index is 12.2. The molecule has 0 aromatic heterocycles. The molecule has 0 atom stereocenters. The Morgan fingerprint density at radius 2 is 1.68 bits per heavy atom. The summed E-state index contributed by atoms with van der Waals surface area (Å²) in [6.07, 6.45) is 2.41. The lowest BCUT2D eigenvalue weighted by Crippen LogP contribution is -2.54. The van der Waals surface area contributed by atoms with E-state index in [1.54, 1.807) is 13.8 Å². The third kappa shape index (κ3) is 5.88. The lowest BCUT2D eigenvalue weighted by molar-refractivity contribution is -0.131. The molecule has 0 rings (SSSR count). The number of carbonyl (C=O) groups is 1. The quantitative estimate of drug-likeness (QED) is 0.595. The van der Waals surface area contributed by atoms with Gasteiger partial charge in [-0.1, -0.05) is 13.8 Å². The summed E-state index contributed by atoms with van der Waals surface area (Å²) in [6, 6.07) is 0. The molecule has 0 aliphatic carbocycles. The molecule has 0 aromatic carbocycles. The highest BCUT2D eigenvalue weighted by molar-refractivity contribution is 7.88. The van der Waals surface area contributed by atoms with Crippen LogP contribution < -0.4 is 15.8 Å².